The molecule has 0 spiro atoms. The van der Waals surface area contributed by atoms with E-state index < -0.39 is 6.04 Å². The molecule has 0 radical (unpaired) electrons. The Balaban J connectivity index is 1.92. The maximum atomic E-state index is 13.7. The molecule has 1 N–H and O–H groups in total. The molecule has 0 aliphatic rings. The standard InChI is InChI=1S/C29H33ClN2O3S/c1-4-21(2)31-29(34)27(18-22-9-6-5-7-10-22)32(19-23-11-8-12-25(17-23)35-3)28(33)20-36-26-15-13-24(30)14-16-26/h5-17,21,27H,4,18-20H2,1-3H3,(H,31,34). The molecule has 3 aromatic carbocycles. The lowest BCUT2D eigenvalue weighted by atomic mass is 10.0. The van der Waals surface area contributed by atoms with Crippen molar-refractivity contribution in [2.45, 2.75) is 50.2 Å². The first kappa shape index (κ1) is 27.6. The van der Waals surface area contributed by atoms with Crippen LogP contribution in [0.3, 0.4) is 0 Å². The molecule has 0 saturated carbocycles. The topological polar surface area (TPSA) is 58.6 Å². The van der Waals surface area contributed by atoms with Crippen molar-refractivity contribution < 1.29 is 14.3 Å². The van der Waals surface area contributed by atoms with E-state index in [4.69, 9.17) is 16.3 Å². The minimum atomic E-state index is -0.661. The molecule has 0 heterocycles. The van der Waals surface area contributed by atoms with Crippen LogP contribution < -0.4 is 10.1 Å². The Labute approximate surface area is 223 Å². The highest BCUT2D eigenvalue weighted by Crippen LogP contribution is 2.23. The third-order valence-corrected chi connectivity index (χ3v) is 7.18. The number of carbonyl (C=O) groups excluding carboxylic acids is 2. The van der Waals surface area contributed by atoms with Crippen LogP contribution in [0.2, 0.25) is 5.02 Å². The zero-order valence-corrected chi connectivity index (χ0v) is 22.5. The van der Waals surface area contributed by atoms with Gasteiger partial charge in [0.15, 0.2) is 0 Å². The van der Waals surface area contributed by atoms with E-state index in [-0.39, 0.29) is 23.6 Å². The Kier molecular flexibility index (Phi) is 10.7. The van der Waals surface area contributed by atoms with E-state index in [9.17, 15) is 9.59 Å². The van der Waals surface area contributed by atoms with Crippen molar-refractivity contribution in [2.75, 3.05) is 12.9 Å². The first-order valence-corrected chi connectivity index (χ1v) is 13.4. The van der Waals surface area contributed by atoms with E-state index >= 15 is 0 Å². The molecule has 0 fully saturated rings. The van der Waals surface area contributed by atoms with Crippen molar-refractivity contribution in [1.29, 1.82) is 0 Å². The normalized spacial score (nSPS) is 12.4. The number of benzene rings is 3. The Morgan fingerprint density at radius 2 is 1.69 bits per heavy atom. The van der Waals surface area contributed by atoms with Gasteiger partial charge in [-0.2, -0.15) is 0 Å². The number of halogens is 1. The molecule has 0 aliphatic carbocycles. The molecule has 3 aromatic rings. The van der Waals surface area contributed by atoms with Gasteiger partial charge in [-0.1, -0.05) is 61.0 Å². The molecule has 5 nitrogen and oxygen atoms in total. The van der Waals surface area contributed by atoms with Crippen molar-refractivity contribution >= 4 is 35.2 Å². The average Bonchev–Trinajstić information content (AvgIpc) is 2.90. The van der Waals surface area contributed by atoms with E-state index in [0.29, 0.717) is 23.7 Å². The number of thioether (sulfide) groups is 1. The summed E-state index contributed by atoms with van der Waals surface area (Å²) in [5, 5.41) is 3.74. The summed E-state index contributed by atoms with van der Waals surface area (Å²) in [6, 6.07) is 24.2. The first-order chi connectivity index (χ1) is 17.4. The predicted molar refractivity (Wildman–Crippen MR) is 148 cm³/mol. The van der Waals surface area contributed by atoms with Crippen LogP contribution in [0.5, 0.6) is 5.75 Å². The number of methoxy groups -OCH3 is 1. The van der Waals surface area contributed by atoms with E-state index in [1.54, 1.807) is 24.1 Å². The number of nitrogens with one attached hydrogen (secondary N) is 1. The minimum absolute atomic E-state index is 0.00740. The van der Waals surface area contributed by atoms with Gasteiger partial charge in [0, 0.05) is 28.9 Å². The molecular weight excluding hydrogens is 492 g/mol. The van der Waals surface area contributed by atoms with Crippen LogP contribution in [-0.4, -0.2) is 41.7 Å². The van der Waals surface area contributed by atoms with Crippen LogP contribution in [0.25, 0.3) is 0 Å². The summed E-state index contributed by atoms with van der Waals surface area (Å²) in [6.07, 6.45) is 1.23. The van der Waals surface area contributed by atoms with E-state index in [2.05, 4.69) is 5.32 Å². The van der Waals surface area contributed by atoms with Crippen molar-refractivity contribution in [1.82, 2.24) is 10.2 Å². The molecule has 36 heavy (non-hydrogen) atoms. The molecule has 7 heteroatoms. The largest absolute Gasteiger partial charge is 0.497 e. The number of hydrogen-bond donors (Lipinski definition) is 1. The van der Waals surface area contributed by atoms with Gasteiger partial charge < -0.3 is 15.0 Å². The second-order valence-electron chi connectivity index (χ2n) is 8.64. The van der Waals surface area contributed by atoms with Gasteiger partial charge >= 0.3 is 0 Å². The Hall–Kier alpha value is -2.96. The summed E-state index contributed by atoms with van der Waals surface area (Å²) in [5.74, 6) is 0.645. The fraction of sp³-hybridized carbons (Fsp3) is 0.310. The smallest absolute Gasteiger partial charge is 0.243 e. The number of hydrogen-bond acceptors (Lipinski definition) is 4. The summed E-state index contributed by atoms with van der Waals surface area (Å²) in [5.41, 5.74) is 1.89. The number of carbonyl (C=O) groups is 2. The Bertz CT molecular complexity index is 1120. The fourth-order valence-corrected chi connectivity index (χ4v) is 4.63. The SMILES string of the molecule is CCC(C)NC(=O)C(Cc1ccccc1)N(Cc1cccc(OC)c1)C(=O)CSc1ccc(Cl)cc1. The second-order valence-corrected chi connectivity index (χ2v) is 10.1. The van der Waals surface area contributed by atoms with Crippen LogP contribution in [0.1, 0.15) is 31.4 Å². The van der Waals surface area contributed by atoms with Gasteiger partial charge in [-0.15, -0.1) is 11.8 Å². The molecular formula is C29H33ClN2O3S. The molecule has 190 valence electrons. The second kappa shape index (κ2) is 14.0. The van der Waals surface area contributed by atoms with Crippen molar-refractivity contribution in [3.63, 3.8) is 0 Å². The summed E-state index contributed by atoms with van der Waals surface area (Å²) in [4.78, 5) is 29.9. The average molecular weight is 525 g/mol. The first-order valence-electron chi connectivity index (χ1n) is 12.0. The highest BCUT2D eigenvalue weighted by molar-refractivity contribution is 8.00. The third kappa shape index (κ3) is 8.32. The lowest BCUT2D eigenvalue weighted by molar-refractivity contribution is -0.139. The molecule has 0 saturated heterocycles. The van der Waals surface area contributed by atoms with Crippen LogP contribution >= 0.6 is 23.4 Å². The van der Waals surface area contributed by atoms with Gasteiger partial charge in [0.05, 0.1) is 12.9 Å². The number of nitrogens with zero attached hydrogens (tertiary/aromatic N) is 1. The van der Waals surface area contributed by atoms with Gasteiger partial charge in [-0.3, -0.25) is 9.59 Å². The van der Waals surface area contributed by atoms with Crippen molar-refractivity contribution in [3.05, 3.63) is 95.0 Å². The van der Waals surface area contributed by atoms with Crippen LogP contribution in [0.15, 0.2) is 83.8 Å². The van der Waals surface area contributed by atoms with Crippen LogP contribution in [0.4, 0.5) is 0 Å². The summed E-state index contributed by atoms with van der Waals surface area (Å²) in [6.45, 7) is 4.30. The van der Waals surface area contributed by atoms with Crippen LogP contribution in [-0.2, 0) is 22.6 Å². The molecule has 0 aromatic heterocycles. The van der Waals surface area contributed by atoms with E-state index in [1.807, 2.05) is 80.6 Å². The monoisotopic (exact) mass is 524 g/mol. The Morgan fingerprint density at radius 1 is 1.00 bits per heavy atom. The van der Waals surface area contributed by atoms with Gasteiger partial charge in [0.25, 0.3) is 0 Å². The van der Waals surface area contributed by atoms with Gasteiger partial charge in [0.1, 0.15) is 11.8 Å². The maximum Gasteiger partial charge on any atom is 0.243 e. The quantitative estimate of drug-likeness (QED) is 0.295. The van der Waals surface area contributed by atoms with Crippen LogP contribution in [0, 0.1) is 0 Å². The molecule has 0 bridgehead atoms. The lowest BCUT2D eigenvalue weighted by Crippen LogP contribution is -2.52. The number of amides is 2. The highest BCUT2D eigenvalue weighted by Gasteiger charge is 2.31. The number of rotatable bonds is 12. The predicted octanol–water partition coefficient (Wildman–Crippen LogP) is 6.00. The van der Waals surface area contributed by atoms with Crippen molar-refractivity contribution in [2.24, 2.45) is 0 Å². The van der Waals surface area contributed by atoms with Crippen molar-refractivity contribution in [3.8, 4) is 5.75 Å². The maximum absolute atomic E-state index is 13.7. The fourth-order valence-electron chi connectivity index (χ4n) is 3.72. The van der Waals surface area contributed by atoms with E-state index in [0.717, 1.165) is 22.4 Å². The minimum Gasteiger partial charge on any atom is -0.497 e. The lowest BCUT2D eigenvalue weighted by Gasteiger charge is -2.32. The van der Waals surface area contributed by atoms with Gasteiger partial charge in [-0.05, 0) is 60.9 Å². The van der Waals surface area contributed by atoms with Gasteiger partial charge in [0.2, 0.25) is 11.8 Å². The number of ether oxygens (including phenoxy) is 1. The molecule has 3 rings (SSSR count). The highest BCUT2D eigenvalue weighted by atomic mass is 35.5. The summed E-state index contributed by atoms with van der Waals surface area (Å²) >= 11 is 7.44. The Morgan fingerprint density at radius 3 is 2.36 bits per heavy atom. The van der Waals surface area contributed by atoms with Gasteiger partial charge in [-0.25, -0.2) is 0 Å². The summed E-state index contributed by atoms with van der Waals surface area (Å²) in [7, 11) is 1.61. The van der Waals surface area contributed by atoms with E-state index in [1.165, 1.54) is 11.8 Å². The molecule has 0 aliphatic heterocycles. The summed E-state index contributed by atoms with van der Waals surface area (Å²) < 4.78 is 5.39. The third-order valence-electron chi connectivity index (χ3n) is 5.94. The zero-order valence-electron chi connectivity index (χ0n) is 20.9. The molecule has 2 atom stereocenters. The molecule has 2 amide bonds. The molecule has 2 unspecified atom stereocenters. The zero-order chi connectivity index (χ0) is 25.9.